The third kappa shape index (κ3) is 5.46. The van der Waals surface area contributed by atoms with Crippen LogP contribution in [0.1, 0.15) is 26.3 Å². The van der Waals surface area contributed by atoms with Crippen molar-refractivity contribution in [1.29, 1.82) is 0 Å². The smallest absolute Gasteiger partial charge is 0.251 e. The molecule has 0 radical (unpaired) electrons. The molecule has 1 aromatic heterocycles. The molecule has 1 amide bonds. The van der Waals surface area contributed by atoms with Crippen LogP contribution < -0.4 is 5.56 Å². The highest BCUT2D eigenvalue weighted by atomic mass is 35.5. The first-order valence-corrected chi connectivity index (χ1v) is 11.3. The lowest BCUT2D eigenvalue weighted by Crippen LogP contribution is -2.36. The van der Waals surface area contributed by atoms with Crippen molar-refractivity contribution in [2.45, 2.75) is 38.8 Å². The second-order valence-corrected chi connectivity index (χ2v) is 8.76. The zero-order valence-electron chi connectivity index (χ0n) is 16.8. The fourth-order valence-electron chi connectivity index (χ4n) is 2.95. The van der Waals surface area contributed by atoms with Gasteiger partial charge in [0.2, 0.25) is 15.9 Å². The Labute approximate surface area is 176 Å². The average Bonchev–Trinajstić information content (AvgIpc) is 2.69. The molecule has 0 aliphatic rings. The molecule has 1 aromatic carbocycles. The highest BCUT2D eigenvalue weighted by Gasteiger charge is 2.23. The van der Waals surface area contributed by atoms with E-state index in [0.29, 0.717) is 31.2 Å². The van der Waals surface area contributed by atoms with Gasteiger partial charge in [-0.1, -0.05) is 43.6 Å². The monoisotopic (exact) mass is 439 g/mol. The van der Waals surface area contributed by atoms with Gasteiger partial charge in [0.05, 0.1) is 4.90 Å². The first kappa shape index (κ1) is 23.1. The normalized spacial score (nSPS) is 11.6. The second-order valence-electron chi connectivity index (χ2n) is 6.42. The molecule has 0 N–H and O–H groups in total. The first-order chi connectivity index (χ1) is 13.7. The number of sulfonamides is 1. The molecule has 0 bridgehead atoms. The number of halogens is 1. The van der Waals surface area contributed by atoms with E-state index >= 15 is 0 Å². The van der Waals surface area contributed by atoms with Crippen molar-refractivity contribution in [3.63, 3.8) is 0 Å². The zero-order valence-corrected chi connectivity index (χ0v) is 18.4. The van der Waals surface area contributed by atoms with Crippen molar-refractivity contribution >= 4 is 27.5 Å². The average molecular weight is 440 g/mol. The fraction of sp³-hybridized carbons (Fsp3) is 0.400. The van der Waals surface area contributed by atoms with Crippen LogP contribution in [0, 0.1) is 0 Å². The number of carbonyl (C=O) groups is 1. The first-order valence-electron chi connectivity index (χ1n) is 9.46. The van der Waals surface area contributed by atoms with Crippen LogP contribution in [0.3, 0.4) is 0 Å². The van der Waals surface area contributed by atoms with Gasteiger partial charge in [0.1, 0.15) is 6.54 Å². The number of aromatic nitrogens is 1. The largest absolute Gasteiger partial charge is 0.337 e. The lowest BCUT2D eigenvalue weighted by molar-refractivity contribution is -0.132. The maximum absolute atomic E-state index is 12.8. The molecule has 0 unspecified atom stereocenters. The molecule has 0 saturated carbocycles. The van der Waals surface area contributed by atoms with Crippen molar-refractivity contribution in [3.8, 4) is 0 Å². The topological polar surface area (TPSA) is 79.7 Å². The van der Waals surface area contributed by atoms with Crippen LogP contribution in [0.15, 0.2) is 52.3 Å². The second kappa shape index (κ2) is 10.0. The summed E-state index contributed by atoms with van der Waals surface area (Å²) in [5.74, 6) is -0.299. The van der Waals surface area contributed by atoms with Gasteiger partial charge in [-0.05, 0) is 24.6 Å². The quantitative estimate of drug-likeness (QED) is 0.601. The van der Waals surface area contributed by atoms with Crippen molar-refractivity contribution in [1.82, 2.24) is 13.8 Å². The Morgan fingerprint density at radius 1 is 1.03 bits per heavy atom. The predicted molar refractivity (Wildman–Crippen MR) is 113 cm³/mol. The van der Waals surface area contributed by atoms with Gasteiger partial charge < -0.3 is 9.47 Å². The van der Waals surface area contributed by atoms with Crippen molar-refractivity contribution in [2.75, 3.05) is 19.6 Å². The van der Waals surface area contributed by atoms with E-state index in [9.17, 15) is 18.0 Å². The molecule has 0 fully saturated rings. The van der Waals surface area contributed by atoms with E-state index in [-0.39, 0.29) is 17.3 Å². The van der Waals surface area contributed by atoms with E-state index < -0.39 is 15.6 Å². The Bertz CT molecular complexity index is 1020. The standard InChI is InChI=1S/C20H26ClN3O4S/c1-4-22(13-16-9-7-8-10-18(16)21)20(26)15-23-14-17(11-12-19(23)25)29(27,28)24(5-2)6-3/h7-12,14H,4-6,13,15H2,1-3H3. The summed E-state index contributed by atoms with van der Waals surface area (Å²) in [5.41, 5.74) is 0.361. The molecule has 2 aromatic rings. The molecule has 0 spiro atoms. The van der Waals surface area contributed by atoms with E-state index in [1.807, 2.05) is 25.1 Å². The minimum atomic E-state index is -3.72. The number of benzene rings is 1. The van der Waals surface area contributed by atoms with Crippen LogP contribution in [-0.2, 0) is 27.9 Å². The Morgan fingerprint density at radius 2 is 1.69 bits per heavy atom. The highest BCUT2D eigenvalue weighted by molar-refractivity contribution is 7.89. The van der Waals surface area contributed by atoms with Crippen LogP contribution in [0.2, 0.25) is 5.02 Å². The summed E-state index contributed by atoms with van der Waals surface area (Å²) in [6.07, 6.45) is 1.23. The maximum atomic E-state index is 12.8. The minimum Gasteiger partial charge on any atom is -0.337 e. The third-order valence-electron chi connectivity index (χ3n) is 4.66. The fourth-order valence-corrected chi connectivity index (χ4v) is 4.63. The Morgan fingerprint density at radius 3 is 2.28 bits per heavy atom. The van der Waals surface area contributed by atoms with Gasteiger partial charge >= 0.3 is 0 Å². The maximum Gasteiger partial charge on any atom is 0.251 e. The number of rotatable bonds is 9. The van der Waals surface area contributed by atoms with Gasteiger partial charge in [-0.3, -0.25) is 9.59 Å². The lowest BCUT2D eigenvalue weighted by atomic mass is 10.2. The molecule has 1 heterocycles. The molecular weight excluding hydrogens is 414 g/mol. The van der Waals surface area contributed by atoms with Crippen molar-refractivity contribution in [3.05, 3.63) is 63.5 Å². The molecule has 9 heteroatoms. The van der Waals surface area contributed by atoms with Crippen LogP contribution in [0.25, 0.3) is 0 Å². The van der Waals surface area contributed by atoms with Gasteiger partial charge in [-0.25, -0.2) is 8.42 Å². The molecule has 7 nitrogen and oxygen atoms in total. The van der Waals surface area contributed by atoms with Crippen LogP contribution >= 0.6 is 11.6 Å². The number of carbonyl (C=O) groups excluding carboxylic acids is 1. The molecule has 29 heavy (non-hydrogen) atoms. The van der Waals surface area contributed by atoms with Gasteiger partial charge in [0.15, 0.2) is 0 Å². The Kier molecular flexibility index (Phi) is 8.01. The highest BCUT2D eigenvalue weighted by Crippen LogP contribution is 2.17. The molecule has 0 aliphatic carbocycles. The summed E-state index contributed by atoms with van der Waals surface area (Å²) < 4.78 is 27.9. The van der Waals surface area contributed by atoms with Gasteiger partial charge in [0.25, 0.3) is 5.56 Å². The number of nitrogens with zero attached hydrogens (tertiary/aromatic N) is 3. The summed E-state index contributed by atoms with van der Waals surface area (Å²) >= 11 is 6.18. The van der Waals surface area contributed by atoms with E-state index in [0.717, 1.165) is 10.1 Å². The number of pyridine rings is 1. The molecular formula is C20H26ClN3O4S. The molecule has 0 aliphatic heterocycles. The molecule has 0 saturated heterocycles. The van der Waals surface area contributed by atoms with Gasteiger partial charge in [-0.2, -0.15) is 4.31 Å². The summed E-state index contributed by atoms with van der Waals surface area (Å²) in [7, 11) is -3.72. The van der Waals surface area contributed by atoms with Crippen LogP contribution in [-0.4, -0.2) is 47.7 Å². The van der Waals surface area contributed by atoms with E-state index in [2.05, 4.69) is 0 Å². The Hall–Kier alpha value is -2.16. The molecule has 158 valence electrons. The SMILES string of the molecule is CCN(Cc1ccccc1Cl)C(=O)Cn1cc(S(=O)(=O)N(CC)CC)ccc1=O. The predicted octanol–water partition coefficient (Wildman–Crippen LogP) is 2.58. The summed E-state index contributed by atoms with van der Waals surface area (Å²) in [4.78, 5) is 26.6. The Balaban J connectivity index is 2.27. The summed E-state index contributed by atoms with van der Waals surface area (Å²) in [6.45, 7) is 6.44. The number of amides is 1. The minimum absolute atomic E-state index is 0.0113. The van der Waals surface area contributed by atoms with E-state index in [4.69, 9.17) is 11.6 Å². The summed E-state index contributed by atoms with van der Waals surface area (Å²) in [5, 5.41) is 0.559. The zero-order chi connectivity index (χ0) is 21.6. The number of hydrogen-bond acceptors (Lipinski definition) is 4. The van der Waals surface area contributed by atoms with Crippen molar-refractivity contribution < 1.29 is 13.2 Å². The third-order valence-corrected chi connectivity index (χ3v) is 7.06. The molecule has 2 rings (SSSR count). The summed E-state index contributed by atoms with van der Waals surface area (Å²) in [6, 6.07) is 9.69. The van der Waals surface area contributed by atoms with Crippen molar-refractivity contribution in [2.24, 2.45) is 0 Å². The van der Waals surface area contributed by atoms with E-state index in [1.165, 1.54) is 22.6 Å². The van der Waals surface area contributed by atoms with Gasteiger partial charge in [-0.15, -0.1) is 0 Å². The number of likely N-dealkylation sites (N-methyl/N-ethyl adjacent to an activating group) is 1. The van der Waals surface area contributed by atoms with E-state index in [1.54, 1.807) is 24.8 Å². The van der Waals surface area contributed by atoms with Gasteiger partial charge in [0, 0.05) is 43.5 Å². The number of hydrogen-bond donors (Lipinski definition) is 0. The van der Waals surface area contributed by atoms with Crippen LogP contribution in [0.5, 0.6) is 0 Å². The van der Waals surface area contributed by atoms with Crippen LogP contribution in [0.4, 0.5) is 0 Å². The lowest BCUT2D eigenvalue weighted by Gasteiger charge is -2.22. The molecule has 0 atom stereocenters.